The largest absolute Gasteiger partial charge is 0.475 e. The Balaban J connectivity index is 3.12. The number of Topliss-reactive ketones (excluding diaryl/α,β-unsaturated/α-hetero) is 1. The molecule has 0 unspecified atom stereocenters. The first-order valence-corrected chi connectivity index (χ1v) is 4.13. The van der Waals surface area contributed by atoms with Crippen molar-refractivity contribution in [1.82, 2.24) is 0 Å². The number of carboxylic acid groups (broad SMARTS) is 1. The number of aliphatic carboxylic acids is 1. The van der Waals surface area contributed by atoms with E-state index in [-0.39, 0.29) is 5.56 Å². The van der Waals surface area contributed by atoms with Crippen LogP contribution in [0.15, 0.2) is 36.9 Å². The summed E-state index contributed by atoms with van der Waals surface area (Å²) < 4.78 is 0. The molecule has 1 aromatic rings. The van der Waals surface area contributed by atoms with E-state index in [4.69, 9.17) is 5.11 Å². The Kier molecular flexibility index (Phi) is 3.18. The molecule has 0 bridgehead atoms. The zero-order valence-corrected chi connectivity index (χ0v) is 7.56. The molecule has 14 heavy (non-hydrogen) atoms. The number of rotatable bonds is 4. The topological polar surface area (TPSA) is 54.4 Å². The molecule has 3 nitrogen and oxygen atoms in total. The third-order valence-corrected chi connectivity index (χ3v) is 1.82. The van der Waals surface area contributed by atoms with Crippen LogP contribution in [-0.2, 0) is 11.2 Å². The minimum atomic E-state index is -1.43. The lowest BCUT2D eigenvalue weighted by molar-refractivity contribution is -0.131. The number of carbonyl (C=O) groups excluding carboxylic acids is 1. The van der Waals surface area contributed by atoms with Crippen LogP contribution >= 0.6 is 0 Å². The van der Waals surface area contributed by atoms with Crippen LogP contribution in [0.5, 0.6) is 0 Å². The quantitative estimate of drug-likeness (QED) is 0.446. The Morgan fingerprint density at radius 2 is 2.00 bits per heavy atom. The highest BCUT2D eigenvalue weighted by atomic mass is 16.4. The predicted octanol–water partition coefficient (Wildman–Crippen LogP) is 1.68. The van der Waals surface area contributed by atoms with E-state index in [2.05, 4.69) is 6.58 Å². The van der Waals surface area contributed by atoms with Gasteiger partial charge in [-0.25, -0.2) is 4.79 Å². The maximum atomic E-state index is 11.2. The summed E-state index contributed by atoms with van der Waals surface area (Å²) in [5, 5.41) is 8.55. The van der Waals surface area contributed by atoms with E-state index in [1.807, 2.05) is 0 Å². The monoisotopic (exact) mass is 190 g/mol. The van der Waals surface area contributed by atoms with Crippen molar-refractivity contribution in [3.05, 3.63) is 48.0 Å². The van der Waals surface area contributed by atoms with Crippen molar-refractivity contribution in [3.8, 4) is 0 Å². The third kappa shape index (κ3) is 2.07. The summed E-state index contributed by atoms with van der Waals surface area (Å²) in [7, 11) is 0. The number of carboxylic acids is 1. The van der Waals surface area contributed by atoms with Gasteiger partial charge in [0.1, 0.15) is 0 Å². The number of hydrogen-bond acceptors (Lipinski definition) is 2. The Bertz CT molecular complexity index is 380. The first-order chi connectivity index (χ1) is 6.66. The second-order valence-corrected chi connectivity index (χ2v) is 2.78. The molecule has 0 aliphatic carbocycles. The van der Waals surface area contributed by atoms with Crippen LogP contribution in [0.2, 0.25) is 0 Å². The summed E-state index contributed by atoms with van der Waals surface area (Å²) >= 11 is 0. The summed E-state index contributed by atoms with van der Waals surface area (Å²) in [4.78, 5) is 21.7. The minimum Gasteiger partial charge on any atom is -0.475 e. The molecule has 0 aromatic heterocycles. The fourth-order valence-electron chi connectivity index (χ4n) is 1.19. The molecular weight excluding hydrogens is 180 g/mol. The maximum absolute atomic E-state index is 11.2. The molecule has 0 spiro atoms. The maximum Gasteiger partial charge on any atom is 0.377 e. The normalized spacial score (nSPS) is 9.43. The van der Waals surface area contributed by atoms with Crippen molar-refractivity contribution in [2.24, 2.45) is 0 Å². The molecule has 72 valence electrons. The molecule has 0 amide bonds. The van der Waals surface area contributed by atoms with Gasteiger partial charge in [0.2, 0.25) is 0 Å². The molecule has 0 saturated carbocycles. The number of allylic oxidation sites excluding steroid dienone is 1. The standard InChI is InChI=1S/C11H10O3/c1-2-5-8-6-3-4-7-9(8)10(12)11(13)14/h2-4,6-7H,1,5H2,(H,13,14). The molecule has 1 aromatic carbocycles. The van der Waals surface area contributed by atoms with Crippen LogP contribution in [-0.4, -0.2) is 16.9 Å². The van der Waals surface area contributed by atoms with E-state index in [1.54, 1.807) is 24.3 Å². The van der Waals surface area contributed by atoms with Gasteiger partial charge in [0, 0.05) is 5.56 Å². The van der Waals surface area contributed by atoms with E-state index >= 15 is 0 Å². The van der Waals surface area contributed by atoms with E-state index in [0.29, 0.717) is 12.0 Å². The second kappa shape index (κ2) is 4.37. The second-order valence-electron chi connectivity index (χ2n) is 2.78. The van der Waals surface area contributed by atoms with Gasteiger partial charge in [-0.05, 0) is 12.0 Å². The molecule has 0 fully saturated rings. The third-order valence-electron chi connectivity index (χ3n) is 1.82. The highest BCUT2D eigenvalue weighted by molar-refractivity contribution is 6.40. The van der Waals surface area contributed by atoms with Gasteiger partial charge in [-0.15, -0.1) is 6.58 Å². The van der Waals surface area contributed by atoms with Gasteiger partial charge in [0.15, 0.2) is 0 Å². The van der Waals surface area contributed by atoms with Gasteiger partial charge >= 0.3 is 5.97 Å². The highest BCUT2D eigenvalue weighted by Gasteiger charge is 2.16. The lowest BCUT2D eigenvalue weighted by atomic mass is 10.0. The van der Waals surface area contributed by atoms with Crippen molar-refractivity contribution in [3.63, 3.8) is 0 Å². The molecule has 1 N–H and O–H groups in total. The fourth-order valence-corrected chi connectivity index (χ4v) is 1.19. The van der Waals surface area contributed by atoms with E-state index in [9.17, 15) is 9.59 Å². The van der Waals surface area contributed by atoms with Gasteiger partial charge in [-0.1, -0.05) is 30.3 Å². The van der Waals surface area contributed by atoms with Crippen molar-refractivity contribution in [2.75, 3.05) is 0 Å². The average molecular weight is 190 g/mol. The molecule has 0 aliphatic rings. The predicted molar refractivity (Wildman–Crippen MR) is 52.3 cm³/mol. The van der Waals surface area contributed by atoms with Crippen LogP contribution in [0.1, 0.15) is 15.9 Å². The molecule has 3 heteroatoms. The first kappa shape index (κ1) is 10.2. The lowest BCUT2D eigenvalue weighted by Gasteiger charge is -2.02. The number of carbonyl (C=O) groups is 2. The van der Waals surface area contributed by atoms with Gasteiger partial charge < -0.3 is 5.11 Å². The molecule has 0 aliphatic heterocycles. The minimum absolute atomic E-state index is 0.236. The molecular formula is C11H10O3. The molecule has 0 radical (unpaired) electrons. The zero-order chi connectivity index (χ0) is 10.6. The van der Waals surface area contributed by atoms with Crippen LogP contribution in [0.25, 0.3) is 0 Å². The van der Waals surface area contributed by atoms with Gasteiger partial charge in [-0.3, -0.25) is 4.79 Å². The fraction of sp³-hybridized carbons (Fsp3) is 0.0909. The Morgan fingerprint density at radius 1 is 1.36 bits per heavy atom. The number of hydrogen-bond donors (Lipinski definition) is 1. The van der Waals surface area contributed by atoms with Gasteiger partial charge in [0.25, 0.3) is 5.78 Å². The Hall–Kier alpha value is -1.90. The number of ketones is 1. The molecule has 1 rings (SSSR count). The summed E-state index contributed by atoms with van der Waals surface area (Å²) in [6.07, 6.45) is 2.13. The van der Waals surface area contributed by atoms with Crippen molar-refractivity contribution >= 4 is 11.8 Å². The smallest absolute Gasteiger partial charge is 0.377 e. The molecule has 0 saturated heterocycles. The van der Waals surface area contributed by atoms with Gasteiger partial charge in [-0.2, -0.15) is 0 Å². The van der Waals surface area contributed by atoms with Crippen LogP contribution in [0.3, 0.4) is 0 Å². The van der Waals surface area contributed by atoms with Crippen molar-refractivity contribution in [1.29, 1.82) is 0 Å². The zero-order valence-electron chi connectivity index (χ0n) is 7.56. The summed E-state index contributed by atoms with van der Waals surface area (Å²) in [6, 6.07) is 6.63. The van der Waals surface area contributed by atoms with Crippen LogP contribution in [0, 0.1) is 0 Å². The van der Waals surface area contributed by atoms with Crippen molar-refractivity contribution < 1.29 is 14.7 Å². The average Bonchev–Trinajstić information content (AvgIpc) is 2.18. The van der Waals surface area contributed by atoms with E-state index in [1.165, 1.54) is 6.07 Å². The lowest BCUT2D eigenvalue weighted by Crippen LogP contribution is -2.14. The summed E-state index contributed by atoms with van der Waals surface area (Å²) in [6.45, 7) is 3.54. The van der Waals surface area contributed by atoms with Crippen LogP contribution in [0.4, 0.5) is 0 Å². The van der Waals surface area contributed by atoms with E-state index in [0.717, 1.165) is 0 Å². The van der Waals surface area contributed by atoms with Crippen molar-refractivity contribution in [2.45, 2.75) is 6.42 Å². The molecule has 0 heterocycles. The SMILES string of the molecule is C=CCc1ccccc1C(=O)C(=O)O. The highest BCUT2D eigenvalue weighted by Crippen LogP contribution is 2.10. The summed E-state index contributed by atoms with van der Waals surface area (Å²) in [5.74, 6) is -2.30. The van der Waals surface area contributed by atoms with Gasteiger partial charge in [0.05, 0.1) is 0 Å². The summed E-state index contributed by atoms with van der Waals surface area (Å²) in [5.41, 5.74) is 0.926. The Labute approximate surface area is 81.7 Å². The van der Waals surface area contributed by atoms with E-state index < -0.39 is 11.8 Å². The number of benzene rings is 1. The first-order valence-electron chi connectivity index (χ1n) is 4.13. The Morgan fingerprint density at radius 3 is 2.57 bits per heavy atom. The van der Waals surface area contributed by atoms with Crippen LogP contribution < -0.4 is 0 Å². The molecule has 0 atom stereocenters.